The Labute approximate surface area is 196 Å². The number of amides is 1. The Kier molecular flexibility index (Phi) is 8.85. The third-order valence-electron chi connectivity index (χ3n) is 8.23. The van der Waals surface area contributed by atoms with Crippen LogP contribution in [0.4, 0.5) is 0 Å². The number of likely N-dealkylation sites (N-methyl/N-ethyl adjacent to an activating group) is 1. The van der Waals surface area contributed by atoms with Gasteiger partial charge in [0.25, 0.3) is 0 Å². The van der Waals surface area contributed by atoms with Gasteiger partial charge >= 0.3 is 0 Å². The molecule has 184 valence electrons. The van der Waals surface area contributed by atoms with E-state index in [0.717, 1.165) is 71.5 Å². The van der Waals surface area contributed by atoms with Crippen LogP contribution in [0.1, 0.15) is 52.4 Å². The third-order valence-corrected chi connectivity index (χ3v) is 8.23. The molecule has 1 amide bonds. The lowest BCUT2D eigenvalue weighted by Gasteiger charge is -2.41. The summed E-state index contributed by atoms with van der Waals surface area (Å²) in [6.07, 6.45) is 7.97. The summed E-state index contributed by atoms with van der Waals surface area (Å²) in [6.45, 7) is 15.3. The fourth-order valence-electron chi connectivity index (χ4n) is 6.45. The van der Waals surface area contributed by atoms with Gasteiger partial charge in [-0.05, 0) is 31.1 Å². The van der Waals surface area contributed by atoms with Crippen LogP contribution in [0.15, 0.2) is 0 Å². The zero-order chi connectivity index (χ0) is 22.5. The number of carbonyl (C=O) groups is 1. The van der Waals surface area contributed by atoms with Gasteiger partial charge in [0.1, 0.15) is 0 Å². The lowest BCUT2D eigenvalue weighted by molar-refractivity contribution is -0.134. The molecule has 0 radical (unpaired) electrons. The first-order valence-electron chi connectivity index (χ1n) is 13.4. The van der Waals surface area contributed by atoms with E-state index in [2.05, 4.69) is 39.2 Å². The summed E-state index contributed by atoms with van der Waals surface area (Å²) in [5.74, 6) is 1.53. The second kappa shape index (κ2) is 11.6. The van der Waals surface area contributed by atoms with Crippen LogP contribution in [-0.2, 0) is 4.79 Å². The van der Waals surface area contributed by atoms with Crippen molar-refractivity contribution in [2.45, 2.75) is 70.5 Å². The molecule has 4 rings (SSSR count). The Morgan fingerprint density at radius 2 is 1.75 bits per heavy atom. The van der Waals surface area contributed by atoms with Crippen molar-refractivity contribution in [1.29, 1.82) is 0 Å². The van der Waals surface area contributed by atoms with E-state index in [4.69, 9.17) is 0 Å². The molecule has 4 aliphatic rings. The molecule has 3 atom stereocenters. The Morgan fingerprint density at radius 3 is 2.47 bits per heavy atom. The van der Waals surface area contributed by atoms with Gasteiger partial charge in [-0.3, -0.25) is 14.6 Å². The molecule has 7 nitrogen and oxygen atoms in total. The van der Waals surface area contributed by atoms with E-state index >= 15 is 0 Å². The van der Waals surface area contributed by atoms with E-state index in [9.17, 15) is 4.79 Å². The van der Waals surface area contributed by atoms with E-state index in [1.54, 1.807) is 0 Å². The molecule has 7 heteroatoms. The van der Waals surface area contributed by atoms with Gasteiger partial charge in [0.15, 0.2) is 0 Å². The van der Waals surface area contributed by atoms with Gasteiger partial charge in [-0.15, -0.1) is 0 Å². The zero-order valence-corrected chi connectivity index (χ0v) is 20.9. The van der Waals surface area contributed by atoms with Gasteiger partial charge in [0.05, 0.1) is 12.7 Å². The summed E-state index contributed by atoms with van der Waals surface area (Å²) in [4.78, 5) is 22.9. The summed E-state index contributed by atoms with van der Waals surface area (Å²) < 4.78 is 0. The highest BCUT2D eigenvalue weighted by molar-refractivity contribution is 5.82. The van der Waals surface area contributed by atoms with Crippen LogP contribution >= 0.6 is 0 Å². The number of rotatable bonds is 7. The minimum absolute atomic E-state index is 0.0178. The Hall–Kier alpha value is -0.730. The maximum absolute atomic E-state index is 13.2. The molecule has 0 aromatic rings. The van der Waals surface area contributed by atoms with Crippen molar-refractivity contribution >= 4 is 5.91 Å². The van der Waals surface area contributed by atoms with Crippen molar-refractivity contribution < 1.29 is 4.79 Å². The fraction of sp³-hybridized carbons (Fsp3) is 0.960. The predicted octanol–water partition coefficient (Wildman–Crippen LogP) is 1.26. The van der Waals surface area contributed by atoms with Crippen molar-refractivity contribution in [3.8, 4) is 0 Å². The zero-order valence-electron chi connectivity index (χ0n) is 20.9. The number of hydrogen-bond donors (Lipinski definition) is 2. The molecule has 0 spiro atoms. The predicted molar refractivity (Wildman–Crippen MR) is 131 cm³/mol. The molecule has 1 aliphatic carbocycles. The topological polar surface area (TPSA) is 54.1 Å². The summed E-state index contributed by atoms with van der Waals surface area (Å²) in [7, 11) is 1.99. The van der Waals surface area contributed by atoms with Gasteiger partial charge in [0.2, 0.25) is 5.91 Å². The van der Waals surface area contributed by atoms with Gasteiger partial charge in [0, 0.05) is 78.0 Å². The molecule has 3 saturated heterocycles. The van der Waals surface area contributed by atoms with E-state index in [-0.39, 0.29) is 11.9 Å². The highest BCUT2D eigenvalue weighted by Gasteiger charge is 2.37. The van der Waals surface area contributed by atoms with Crippen LogP contribution in [-0.4, -0.2) is 116 Å². The first kappa shape index (κ1) is 24.4. The number of carbonyl (C=O) groups excluding carboxylic acids is 1. The largest absolute Gasteiger partial charge is 0.331 e. The van der Waals surface area contributed by atoms with Gasteiger partial charge < -0.3 is 20.4 Å². The summed E-state index contributed by atoms with van der Waals surface area (Å²) in [5.41, 5.74) is 0. The number of piperazine rings is 2. The first-order valence-corrected chi connectivity index (χ1v) is 13.4. The van der Waals surface area contributed by atoms with Crippen LogP contribution < -0.4 is 10.6 Å². The number of hydrogen-bond acceptors (Lipinski definition) is 6. The van der Waals surface area contributed by atoms with Crippen molar-refractivity contribution in [3.05, 3.63) is 0 Å². The Balaban J connectivity index is 1.18. The maximum atomic E-state index is 13.2. The van der Waals surface area contributed by atoms with Crippen molar-refractivity contribution in [3.63, 3.8) is 0 Å². The minimum Gasteiger partial charge on any atom is -0.331 e. The molecular formula is C25H48N6O. The molecule has 4 fully saturated rings. The molecule has 3 aliphatic heterocycles. The van der Waals surface area contributed by atoms with Crippen LogP contribution in [0.5, 0.6) is 0 Å². The monoisotopic (exact) mass is 448 g/mol. The Bertz CT molecular complexity index is 587. The smallest absolute Gasteiger partial charge is 0.240 e. The van der Waals surface area contributed by atoms with E-state index in [1.807, 2.05) is 11.9 Å². The number of nitrogens with zero attached hydrogens (tertiary/aromatic N) is 4. The van der Waals surface area contributed by atoms with Crippen molar-refractivity contribution in [2.75, 3.05) is 72.6 Å². The second-order valence-electron chi connectivity index (χ2n) is 11.3. The van der Waals surface area contributed by atoms with Crippen LogP contribution in [0.3, 0.4) is 0 Å². The van der Waals surface area contributed by atoms with Crippen LogP contribution in [0.2, 0.25) is 0 Å². The lowest BCUT2D eigenvalue weighted by Crippen LogP contribution is -2.55. The maximum Gasteiger partial charge on any atom is 0.240 e. The standard InChI is InChI=1S/C25H48N6O/c1-20(2)17-30-10-9-26-24(18-30)21-15-23(27-16-21)25(32)28(3)19-29-11-13-31(14-12-29)22-7-5-4-6-8-22/h20-24,26-27H,4-19H2,1-3H3. The molecule has 3 unspecified atom stereocenters. The first-order chi connectivity index (χ1) is 15.5. The average Bonchev–Trinajstić information content (AvgIpc) is 3.30. The molecule has 3 heterocycles. The summed E-state index contributed by atoms with van der Waals surface area (Å²) >= 11 is 0. The third kappa shape index (κ3) is 6.44. The number of nitrogens with one attached hydrogen (secondary N) is 2. The molecule has 32 heavy (non-hydrogen) atoms. The lowest BCUT2D eigenvalue weighted by atomic mass is 9.94. The van der Waals surface area contributed by atoms with Crippen LogP contribution in [0.25, 0.3) is 0 Å². The molecule has 2 N–H and O–H groups in total. The van der Waals surface area contributed by atoms with Crippen LogP contribution in [0, 0.1) is 11.8 Å². The highest BCUT2D eigenvalue weighted by Crippen LogP contribution is 2.24. The molecular weight excluding hydrogens is 400 g/mol. The molecule has 0 aromatic heterocycles. The quantitative estimate of drug-likeness (QED) is 0.612. The molecule has 1 saturated carbocycles. The van der Waals surface area contributed by atoms with E-state index in [0.29, 0.717) is 17.9 Å². The SMILES string of the molecule is CC(C)CN1CCNC(C2CNC(C(=O)N(C)CN3CCN(C4CCCCC4)CC3)C2)C1. The van der Waals surface area contributed by atoms with Gasteiger partial charge in [-0.1, -0.05) is 33.1 Å². The fourth-order valence-corrected chi connectivity index (χ4v) is 6.45. The van der Waals surface area contributed by atoms with Gasteiger partial charge in [-0.25, -0.2) is 0 Å². The van der Waals surface area contributed by atoms with Crippen molar-refractivity contribution in [1.82, 2.24) is 30.2 Å². The van der Waals surface area contributed by atoms with E-state index < -0.39 is 0 Å². The van der Waals surface area contributed by atoms with E-state index in [1.165, 1.54) is 38.6 Å². The van der Waals surface area contributed by atoms with Crippen molar-refractivity contribution in [2.24, 2.45) is 11.8 Å². The average molecular weight is 449 g/mol. The Morgan fingerprint density at radius 1 is 1.00 bits per heavy atom. The second-order valence-corrected chi connectivity index (χ2v) is 11.3. The highest BCUT2D eigenvalue weighted by atomic mass is 16.2. The summed E-state index contributed by atoms with van der Waals surface area (Å²) in [6, 6.07) is 1.30. The minimum atomic E-state index is -0.0178. The summed E-state index contributed by atoms with van der Waals surface area (Å²) in [5, 5.41) is 7.28. The normalized spacial score (nSPS) is 31.9. The molecule has 0 bridgehead atoms. The molecule has 0 aromatic carbocycles. The van der Waals surface area contributed by atoms with Gasteiger partial charge in [-0.2, -0.15) is 0 Å².